The average molecular weight is 699 g/mol. The van der Waals surface area contributed by atoms with E-state index >= 15 is 0 Å². The van der Waals surface area contributed by atoms with Crippen molar-refractivity contribution < 1.29 is 44.3 Å². The molecule has 0 saturated carbocycles. The van der Waals surface area contributed by atoms with Gasteiger partial charge in [0, 0.05) is 0 Å². The van der Waals surface area contributed by atoms with E-state index in [-0.39, 0.29) is 20.0 Å². The fourth-order valence-electron chi connectivity index (χ4n) is 2.03. The molecule has 0 spiro atoms. The molecular weight excluding hydrogens is 691 g/mol. The maximum atomic E-state index is 12.4. The predicted molar refractivity (Wildman–Crippen MR) is 107 cm³/mol. The van der Waals surface area contributed by atoms with Gasteiger partial charge in [-0.15, -0.1) is 10.2 Å². The molecule has 0 bridgehead atoms. The summed E-state index contributed by atoms with van der Waals surface area (Å²) >= 11 is 8.48. The minimum atomic E-state index is -4.55. The molecule has 188 valence electrons. The van der Waals surface area contributed by atoms with Gasteiger partial charge in [0.05, 0.1) is 5.56 Å². The number of rotatable bonds is 4. The van der Waals surface area contributed by atoms with E-state index in [0.29, 0.717) is 9.36 Å². The second kappa shape index (κ2) is 10.8. The lowest BCUT2D eigenvalue weighted by Crippen LogP contribution is -2.19. The number of hydrogen-bond acceptors (Lipinski definition) is 5. The maximum Gasteiger partial charge on any atom is 0.416 e. The zero-order chi connectivity index (χ0) is 25.9. The molecular formula is C15H8Br3F9N6O. The van der Waals surface area contributed by atoms with Crippen molar-refractivity contribution in [2.75, 3.05) is 0 Å². The van der Waals surface area contributed by atoms with Crippen LogP contribution >= 0.6 is 47.8 Å². The van der Waals surface area contributed by atoms with Crippen LogP contribution in [-0.4, -0.2) is 41.9 Å². The van der Waals surface area contributed by atoms with Crippen LogP contribution in [-0.2, 0) is 19.3 Å². The molecule has 0 unspecified atom stereocenters. The first-order chi connectivity index (χ1) is 15.4. The van der Waals surface area contributed by atoms with Gasteiger partial charge in [-0.05, 0) is 72.1 Å². The molecule has 0 radical (unpaired) electrons. The van der Waals surface area contributed by atoms with E-state index in [1.54, 1.807) is 0 Å². The highest BCUT2D eigenvalue weighted by Crippen LogP contribution is 2.31. The third-order valence-corrected chi connectivity index (χ3v) is 4.52. The highest BCUT2D eigenvalue weighted by Gasteiger charge is 2.32. The Bertz CT molecular complexity index is 1090. The second-order valence-electron chi connectivity index (χ2n) is 5.98. The number of aromatic nitrogens is 6. The van der Waals surface area contributed by atoms with Crippen molar-refractivity contribution in [2.24, 2.45) is 0 Å². The van der Waals surface area contributed by atoms with Crippen molar-refractivity contribution >= 4 is 47.8 Å². The Labute approximate surface area is 208 Å². The van der Waals surface area contributed by atoms with Crippen LogP contribution in [0.1, 0.15) is 5.56 Å². The first-order valence-corrected chi connectivity index (χ1v) is 10.7. The van der Waals surface area contributed by atoms with Gasteiger partial charge in [0.25, 0.3) is 0 Å². The van der Waals surface area contributed by atoms with Crippen LogP contribution in [0.4, 0.5) is 39.5 Å². The smallest absolute Gasteiger partial charge is 0.416 e. The van der Waals surface area contributed by atoms with E-state index < -0.39 is 43.2 Å². The Morgan fingerprint density at radius 1 is 0.706 bits per heavy atom. The summed E-state index contributed by atoms with van der Waals surface area (Å²) in [5, 5.41) is 6.90. The SMILES string of the molecule is FC(F)(F)Cn1nc(Br)nc1Br.FC(F)(F)Cn1nc(Br)nc1Oc1ccc(C(F)(F)F)cc1. The summed E-state index contributed by atoms with van der Waals surface area (Å²) < 4.78 is 116. The molecule has 34 heavy (non-hydrogen) atoms. The second-order valence-corrected chi connectivity index (χ2v) is 8.11. The number of halogens is 12. The molecule has 0 saturated heterocycles. The van der Waals surface area contributed by atoms with E-state index in [4.69, 9.17) is 4.74 Å². The highest BCUT2D eigenvalue weighted by atomic mass is 79.9. The van der Waals surface area contributed by atoms with Gasteiger partial charge in [-0.3, -0.25) is 0 Å². The van der Waals surface area contributed by atoms with Crippen molar-refractivity contribution in [1.82, 2.24) is 29.5 Å². The Kier molecular flexibility index (Phi) is 9.00. The van der Waals surface area contributed by atoms with Crippen LogP contribution in [0.25, 0.3) is 0 Å². The summed E-state index contributed by atoms with van der Waals surface area (Å²) in [5.41, 5.74) is -0.905. The van der Waals surface area contributed by atoms with Crippen molar-refractivity contribution in [2.45, 2.75) is 31.6 Å². The molecule has 7 nitrogen and oxygen atoms in total. The van der Waals surface area contributed by atoms with Gasteiger partial charge in [-0.25, -0.2) is 9.36 Å². The number of benzene rings is 1. The zero-order valence-corrected chi connectivity index (χ0v) is 20.6. The van der Waals surface area contributed by atoms with Crippen LogP contribution in [0, 0.1) is 0 Å². The third kappa shape index (κ3) is 9.40. The summed E-state index contributed by atoms with van der Waals surface area (Å²) in [5.74, 6) is -0.101. The Morgan fingerprint density at radius 3 is 1.62 bits per heavy atom. The lowest BCUT2D eigenvalue weighted by molar-refractivity contribution is -0.144. The molecule has 0 aliphatic rings. The van der Waals surface area contributed by atoms with E-state index in [0.717, 1.165) is 24.3 Å². The first kappa shape index (κ1) is 28.3. The summed E-state index contributed by atoms with van der Waals surface area (Å²) in [4.78, 5) is 7.17. The van der Waals surface area contributed by atoms with Crippen LogP contribution in [0.3, 0.4) is 0 Å². The van der Waals surface area contributed by atoms with Gasteiger partial charge < -0.3 is 4.74 Å². The van der Waals surface area contributed by atoms with E-state index in [9.17, 15) is 39.5 Å². The highest BCUT2D eigenvalue weighted by molar-refractivity contribution is 9.11. The summed E-state index contributed by atoms with van der Waals surface area (Å²) in [6.07, 6.45) is -13.3. The number of hydrogen-bond donors (Lipinski definition) is 0. The molecule has 1 aromatic carbocycles. The van der Waals surface area contributed by atoms with Gasteiger partial charge in [0.2, 0.25) is 9.47 Å². The minimum absolute atomic E-state index is 0.0479. The van der Waals surface area contributed by atoms with Gasteiger partial charge >= 0.3 is 24.5 Å². The largest absolute Gasteiger partial charge is 0.424 e. The van der Waals surface area contributed by atoms with Crippen molar-refractivity contribution in [3.05, 3.63) is 44.0 Å². The van der Waals surface area contributed by atoms with Crippen molar-refractivity contribution in [1.29, 1.82) is 0 Å². The van der Waals surface area contributed by atoms with Crippen LogP contribution in [0.5, 0.6) is 11.8 Å². The van der Waals surface area contributed by atoms with Crippen molar-refractivity contribution in [3.63, 3.8) is 0 Å². The quantitative estimate of drug-likeness (QED) is 0.281. The molecule has 0 amide bonds. The molecule has 3 aromatic rings. The van der Waals surface area contributed by atoms with Crippen molar-refractivity contribution in [3.8, 4) is 11.8 Å². The Balaban J connectivity index is 0.000000287. The molecule has 2 heterocycles. The normalized spacial score (nSPS) is 12.4. The monoisotopic (exact) mass is 696 g/mol. The van der Waals surface area contributed by atoms with Crippen LogP contribution in [0.2, 0.25) is 0 Å². The third-order valence-electron chi connectivity index (χ3n) is 3.26. The molecule has 2 aromatic heterocycles. The van der Waals surface area contributed by atoms with Gasteiger partial charge in [-0.2, -0.15) is 49.5 Å². The fourth-order valence-corrected chi connectivity index (χ4v) is 3.35. The van der Waals surface area contributed by atoms with E-state index in [1.165, 1.54) is 0 Å². The Morgan fingerprint density at radius 2 is 1.18 bits per heavy atom. The molecule has 19 heteroatoms. The molecule has 0 aliphatic heterocycles. The minimum Gasteiger partial charge on any atom is -0.424 e. The topological polar surface area (TPSA) is 70.7 Å². The average Bonchev–Trinajstić information content (AvgIpc) is 3.12. The predicted octanol–water partition coefficient (Wildman–Crippen LogP) is 6.78. The number of alkyl halides is 9. The number of ether oxygens (including phenoxy) is 1. The van der Waals surface area contributed by atoms with Gasteiger partial charge in [0.1, 0.15) is 18.8 Å². The first-order valence-electron chi connectivity index (χ1n) is 8.28. The fraction of sp³-hybridized carbons (Fsp3) is 0.333. The lowest BCUT2D eigenvalue weighted by atomic mass is 10.2. The van der Waals surface area contributed by atoms with Gasteiger partial charge in [-0.1, -0.05) is 0 Å². The van der Waals surface area contributed by atoms with E-state index in [1.807, 2.05) is 0 Å². The van der Waals surface area contributed by atoms with E-state index in [2.05, 4.69) is 68.0 Å². The molecule has 0 N–H and O–H groups in total. The summed E-state index contributed by atoms with van der Waals surface area (Å²) in [6.45, 7) is -2.59. The zero-order valence-electron chi connectivity index (χ0n) is 15.9. The van der Waals surface area contributed by atoms with Crippen LogP contribution < -0.4 is 4.74 Å². The lowest BCUT2D eigenvalue weighted by Gasteiger charge is -2.10. The molecule has 0 atom stereocenters. The molecule has 0 fully saturated rings. The molecule has 3 rings (SSSR count). The summed E-state index contributed by atoms with van der Waals surface area (Å²) in [7, 11) is 0. The van der Waals surface area contributed by atoms with Gasteiger partial charge in [0.15, 0.2) is 4.73 Å². The molecule has 0 aliphatic carbocycles. The maximum absolute atomic E-state index is 12.4. The standard InChI is InChI=1S/C11H6BrF6N3O.C4H2Br2F3N3/c12-8-19-9(21(20-8)5-10(13,14)15)22-7-3-1-6(2-4-7)11(16,17)18;5-2-10-3(6)12(11-2)1-4(7,8)9/h1-4H,5H2;1H2. The Hall–Kier alpha value is -1.89. The van der Waals surface area contributed by atoms with Crippen LogP contribution in [0.15, 0.2) is 38.5 Å². The summed E-state index contributed by atoms with van der Waals surface area (Å²) in [6, 6.07) is 2.94. The number of nitrogens with zero attached hydrogens (tertiary/aromatic N) is 6.